The van der Waals surface area contributed by atoms with Crippen LogP contribution in [0.5, 0.6) is 11.5 Å². The van der Waals surface area contributed by atoms with Gasteiger partial charge >= 0.3 is 0 Å². The molecule has 2 aromatic carbocycles. The van der Waals surface area contributed by atoms with Gasteiger partial charge < -0.3 is 19.7 Å². The number of hydrogen-bond donors (Lipinski definition) is 1. The third-order valence-corrected chi connectivity index (χ3v) is 5.60. The monoisotopic (exact) mass is 446 g/mol. The molecule has 2 atom stereocenters. The second-order valence-corrected chi connectivity index (χ2v) is 7.97. The van der Waals surface area contributed by atoms with Gasteiger partial charge in [0.05, 0.1) is 7.11 Å². The van der Waals surface area contributed by atoms with Crippen LogP contribution in [0.4, 0.5) is 0 Å². The molecular weight excluding hydrogens is 416 g/mol. The minimum absolute atomic E-state index is 0.0289. The molecule has 0 aliphatic heterocycles. The molecular formula is C24H31ClN2O4. The van der Waals surface area contributed by atoms with Gasteiger partial charge in [-0.15, -0.1) is 0 Å². The maximum absolute atomic E-state index is 13.1. The van der Waals surface area contributed by atoms with E-state index < -0.39 is 6.04 Å². The summed E-state index contributed by atoms with van der Waals surface area (Å²) in [7, 11) is 1.60. The number of hydrogen-bond acceptors (Lipinski definition) is 4. The summed E-state index contributed by atoms with van der Waals surface area (Å²) in [6.07, 6.45) is 0.809. The largest absolute Gasteiger partial charge is 0.497 e. The van der Waals surface area contributed by atoms with Crippen LogP contribution in [-0.2, 0) is 16.1 Å². The molecule has 31 heavy (non-hydrogen) atoms. The summed E-state index contributed by atoms with van der Waals surface area (Å²) in [5.74, 6) is 0.802. The Morgan fingerprint density at radius 2 is 1.74 bits per heavy atom. The molecule has 6 nitrogen and oxygen atoms in total. The lowest BCUT2D eigenvalue weighted by Gasteiger charge is -2.29. The van der Waals surface area contributed by atoms with Gasteiger partial charge in [-0.1, -0.05) is 30.7 Å². The van der Waals surface area contributed by atoms with E-state index in [-0.39, 0.29) is 31.0 Å². The van der Waals surface area contributed by atoms with Crippen molar-refractivity contribution in [2.75, 3.05) is 13.7 Å². The third kappa shape index (κ3) is 7.17. The van der Waals surface area contributed by atoms with Gasteiger partial charge in [0.1, 0.15) is 17.5 Å². The number of amides is 2. The zero-order valence-corrected chi connectivity index (χ0v) is 19.5. The number of carbonyl (C=O) groups is 2. The van der Waals surface area contributed by atoms with E-state index in [0.29, 0.717) is 10.8 Å². The van der Waals surface area contributed by atoms with E-state index in [2.05, 4.69) is 5.32 Å². The molecule has 1 N–H and O–H groups in total. The van der Waals surface area contributed by atoms with Gasteiger partial charge in [-0.25, -0.2) is 0 Å². The number of carbonyl (C=O) groups excluding carboxylic acids is 2. The number of benzene rings is 2. The first-order valence-corrected chi connectivity index (χ1v) is 10.7. The van der Waals surface area contributed by atoms with Crippen LogP contribution >= 0.6 is 11.6 Å². The summed E-state index contributed by atoms with van der Waals surface area (Å²) < 4.78 is 10.9. The molecule has 0 bridgehead atoms. The molecule has 0 spiro atoms. The minimum Gasteiger partial charge on any atom is -0.497 e. The predicted molar refractivity (Wildman–Crippen MR) is 123 cm³/mol. The Morgan fingerprint density at radius 3 is 2.32 bits per heavy atom. The Hall–Kier alpha value is -2.73. The van der Waals surface area contributed by atoms with Crippen LogP contribution in [0, 0.1) is 6.92 Å². The van der Waals surface area contributed by atoms with Crippen molar-refractivity contribution in [3.8, 4) is 11.5 Å². The van der Waals surface area contributed by atoms with E-state index in [1.807, 2.05) is 45.0 Å². The molecule has 0 saturated carbocycles. The van der Waals surface area contributed by atoms with Gasteiger partial charge in [0, 0.05) is 17.6 Å². The smallest absolute Gasteiger partial charge is 0.261 e. The molecule has 0 saturated heterocycles. The second kappa shape index (κ2) is 11.6. The molecule has 7 heteroatoms. The maximum atomic E-state index is 13.1. The van der Waals surface area contributed by atoms with Crippen molar-refractivity contribution >= 4 is 23.4 Å². The first-order chi connectivity index (χ1) is 14.7. The summed E-state index contributed by atoms with van der Waals surface area (Å²) in [5, 5.41) is 3.58. The van der Waals surface area contributed by atoms with Gasteiger partial charge in [-0.3, -0.25) is 9.59 Å². The van der Waals surface area contributed by atoms with E-state index >= 15 is 0 Å². The molecule has 168 valence electrons. The topological polar surface area (TPSA) is 67.9 Å². The Bertz CT molecular complexity index is 886. The average Bonchev–Trinajstić information content (AvgIpc) is 2.77. The van der Waals surface area contributed by atoms with Crippen molar-refractivity contribution in [3.05, 3.63) is 58.6 Å². The number of nitrogens with zero attached hydrogens (tertiary/aromatic N) is 1. The van der Waals surface area contributed by atoms with E-state index in [9.17, 15) is 9.59 Å². The van der Waals surface area contributed by atoms with E-state index in [0.717, 1.165) is 23.3 Å². The number of aryl methyl sites for hydroxylation is 1. The van der Waals surface area contributed by atoms with Crippen LogP contribution in [0.3, 0.4) is 0 Å². The Kier molecular flexibility index (Phi) is 9.19. The molecule has 0 heterocycles. The number of ether oxygens (including phenoxy) is 2. The zero-order valence-electron chi connectivity index (χ0n) is 18.8. The average molecular weight is 447 g/mol. The van der Waals surface area contributed by atoms with Gasteiger partial charge in [0.2, 0.25) is 5.91 Å². The highest BCUT2D eigenvalue weighted by Crippen LogP contribution is 2.21. The highest BCUT2D eigenvalue weighted by Gasteiger charge is 2.27. The molecule has 0 aliphatic carbocycles. The summed E-state index contributed by atoms with van der Waals surface area (Å²) in [6.45, 7) is 7.63. The van der Waals surface area contributed by atoms with Gasteiger partial charge in [0.15, 0.2) is 6.61 Å². The Balaban J connectivity index is 2.16. The van der Waals surface area contributed by atoms with Crippen molar-refractivity contribution < 1.29 is 19.1 Å². The fourth-order valence-electron chi connectivity index (χ4n) is 2.91. The highest BCUT2D eigenvalue weighted by molar-refractivity contribution is 6.31. The van der Waals surface area contributed by atoms with Gasteiger partial charge in [-0.05, 0) is 68.7 Å². The van der Waals surface area contributed by atoms with Crippen molar-refractivity contribution in [1.82, 2.24) is 10.2 Å². The minimum atomic E-state index is -0.654. The van der Waals surface area contributed by atoms with Crippen LogP contribution in [0.25, 0.3) is 0 Å². The third-order valence-electron chi connectivity index (χ3n) is 5.17. The van der Waals surface area contributed by atoms with Crippen LogP contribution in [0.2, 0.25) is 5.02 Å². The summed E-state index contributed by atoms with van der Waals surface area (Å²) in [6, 6.07) is 12.0. The van der Waals surface area contributed by atoms with Crippen LogP contribution < -0.4 is 14.8 Å². The van der Waals surface area contributed by atoms with E-state index in [4.69, 9.17) is 21.1 Å². The second-order valence-electron chi connectivity index (χ2n) is 7.56. The standard InChI is InChI=1S/C24H31ClN2O4/c1-6-17(3)26-24(29)18(4)27(14-19-7-9-20(30-5)10-8-19)23(28)15-31-21-11-12-22(25)16(2)13-21/h7-13,17-18H,6,14-15H2,1-5H3,(H,26,29)/t17-,18-/m0/s1. The van der Waals surface area contributed by atoms with Crippen molar-refractivity contribution in [2.45, 2.75) is 52.7 Å². The molecule has 0 aliphatic rings. The van der Waals surface area contributed by atoms with Gasteiger partial charge in [0.25, 0.3) is 5.91 Å². The Morgan fingerprint density at radius 1 is 1.10 bits per heavy atom. The lowest BCUT2D eigenvalue weighted by atomic mass is 10.1. The summed E-state index contributed by atoms with van der Waals surface area (Å²) >= 11 is 6.05. The SMILES string of the molecule is CC[C@H](C)NC(=O)[C@H](C)N(Cc1ccc(OC)cc1)C(=O)COc1ccc(Cl)c(C)c1. The fraction of sp³-hybridized carbons (Fsp3) is 0.417. The van der Waals surface area contributed by atoms with Crippen molar-refractivity contribution in [2.24, 2.45) is 0 Å². The maximum Gasteiger partial charge on any atom is 0.261 e. The van der Waals surface area contributed by atoms with Crippen LogP contribution in [0.15, 0.2) is 42.5 Å². The number of methoxy groups -OCH3 is 1. The van der Waals surface area contributed by atoms with Crippen molar-refractivity contribution in [1.29, 1.82) is 0 Å². The van der Waals surface area contributed by atoms with Crippen LogP contribution in [-0.4, -0.2) is 42.5 Å². The number of halogens is 1. The van der Waals surface area contributed by atoms with Crippen LogP contribution in [0.1, 0.15) is 38.3 Å². The van der Waals surface area contributed by atoms with Gasteiger partial charge in [-0.2, -0.15) is 0 Å². The lowest BCUT2D eigenvalue weighted by Crippen LogP contribution is -2.50. The first-order valence-electron chi connectivity index (χ1n) is 10.4. The molecule has 0 aromatic heterocycles. The molecule has 0 unspecified atom stereocenters. The Labute approximate surface area is 189 Å². The molecule has 0 radical (unpaired) electrons. The number of rotatable bonds is 10. The highest BCUT2D eigenvalue weighted by atomic mass is 35.5. The zero-order chi connectivity index (χ0) is 23.0. The quantitative estimate of drug-likeness (QED) is 0.588. The lowest BCUT2D eigenvalue weighted by molar-refractivity contribution is -0.142. The van der Waals surface area contributed by atoms with E-state index in [1.165, 1.54) is 4.90 Å². The molecule has 2 rings (SSSR count). The number of nitrogens with one attached hydrogen (secondary N) is 1. The fourth-order valence-corrected chi connectivity index (χ4v) is 3.03. The van der Waals surface area contributed by atoms with E-state index in [1.54, 1.807) is 32.2 Å². The first kappa shape index (κ1) is 24.5. The predicted octanol–water partition coefficient (Wildman–Crippen LogP) is 4.37. The summed E-state index contributed by atoms with van der Waals surface area (Å²) in [4.78, 5) is 27.3. The molecule has 2 aromatic rings. The molecule has 2 amide bonds. The molecule has 0 fully saturated rings. The van der Waals surface area contributed by atoms with Crippen molar-refractivity contribution in [3.63, 3.8) is 0 Å². The summed E-state index contributed by atoms with van der Waals surface area (Å²) in [5.41, 5.74) is 1.75. The normalized spacial score (nSPS) is 12.6.